The number of nitrogens with one attached hydrogen (secondary N) is 1. The Morgan fingerprint density at radius 2 is 2.20 bits per heavy atom. The number of nitrogens with zero attached hydrogens (tertiary/aromatic N) is 2. The monoisotopic (exact) mass is 275 g/mol. The maximum atomic E-state index is 9.04. The molecule has 2 aromatic rings. The third kappa shape index (κ3) is 3.37. The second kappa shape index (κ2) is 7.07. The average Bonchev–Trinajstić information content (AvgIpc) is 2.47. The molecule has 0 aliphatic heterocycles. The molecule has 0 aliphatic carbocycles. The van der Waals surface area contributed by atoms with Crippen molar-refractivity contribution in [1.82, 2.24) is 4.98 Å². The van der Waals surface area contributed by atoms with Crippen molar-refractivity contribution in [3.63, 3.8) is 0 Å². The van der Waals surface area contributed by atoms with E-state index in [0.717, 1.165) is 28.8 Å². The first-order valence-electron chi connectivity index (χ1n) is 6.70. The molecule has 0 amide bonds. The van der Waals surface area contributed by atoms with Gasteiger partial charge in [0.05, 0.1) is 13.2 Å². The molecule has 5 heteroatoms. The number of rotatable bonds is 7. The normalized spacial score (nSPS) is 10.8. The summed E-state index contributed by atoms with van der Waals surface area (Å²) in [7, 11) is 3.62. The van der Waals surface area contributed by atoms with Crippen LogP contribution in [0.3, 0.4) is 0 Å². The summed E-state index contributed by atoms with van der Waals surface area (Å²) < 4.78 is 5.03. The minimum absolute atomic E-state index is 0.116. The number of benzene rings is 1. The predicted octanol–water partition coefficient (Wildman–Crippen LogP) is 1.72. The van der Waals surface area contributed by atoms with Gasteiger partial charge in [-0.1, -0.05) is 0 Å². The Morgan fingerprint density at radius 1 is 1.35 bits per heavy atom. The number of aliphatic hydroxyl groups excluding tert-OH is 1. The highest BCUT2D eigenvalue weighted by Gasteiger charge is 2.07. The molecule has 0 fully saturated rings. The van der Waals surface area contributed by atoms with E-state index in [4.69, 9.17) is 9.84 Å². The van der Waals surface area contributed by atoms with E-state index in [0.29, 0.717) is 13.2 Å². The van der Waals surface area contributed by atoms with Crippen molar-refractivity contribution in [2.24, 2.45) is 0 Å². The summed E-state index contributed by atoms with van der Waals surface area (Å²) in [6, 6.07) is 8.19. The fourth-order valence-corrected chi connectivity index (χ4v) is 2.13. The number of ether oxygens (including phenoxy) is 1. The topological polar surface area (TPSA) is 57.6 Å². The van der Waals surface area contributed by atoms with E-state index in [-0.39, 0.29) is 6.61 Å². The molecule has 108 valence electrons. The molecular weight excluding hydrogens is 254 g/mol. The Kier molecular flexibility index (Phi) is 5.15. The number of fused-ring (bicyclic) bond motifs is 1. The van der Waals surface area contributed by atoms with Gasteiger partial charge in [0, 0.05) is 44.5 Å². The Morgan fingerprint density at radius 3 is 2.95 bits per heavy atom. The Hall–Kier alpha value is -1.85. The molecular formula is C15H21N3O2. The maximum Gasteiger partial charge on any atom is 0.136 e. The van der Waals surface area contributed by atoms with E-state index in [1.165, 1.54) is 0 Å². The number of hydrogen-bond donors (Lipinski definition) is 2. The van der Waals surface area contributed by atoms with Gasteiger partial charge in [-0.2, -0.15) is 0 Å². The van der Waals surface area contributed by atoms with E-state index in [2.05, 4.69) is 22.4 Å². The van der Waals surface area contributed by atoms with Crippen LogP contribution in [-0.4, -0.2) is 50.6 Å². The van der Waals surface area contributed by atoms with Gasteiger partial charge in [-0.25, -0.2) is 4.98 Å². The SMILES string of the molecule is COCCNc1ccc2c(N(C)CCO)nccc2c1. The second-order valence-corrected chi connectivity index (χ2v) is 4.64. The van der Waals surface area contributed by atoms with Gasteiger partial charge in [0.2, 0.25) is 0 Å². The molecule has 0 radical (unpaired) electrons. The lowest BCUT2D eigenvalue weighted by molar-refractivity contribution is 0.211. The molecule has 0 saturated heterocycles. The number of methoxy groups -OCH3 is 1. The molecule has 20 heavy (non-hydrogen) atoms. The van der Waals surface area contributed by atoms with Crippen LogP contribution in [-0.2, 0) is 4.74 Å². The van der Waals surface area contributed by atoms with Crippen LogP contribution < -0.4 is 10.2 Å². The first kappa shape index (κ1) is 14.6. The molecule has 1 aromatic heterocycles. The lowest BCUT2D eigenvalue weighted by atomic mass is 10.1. The zero-order valence-electron chi connectivity index (χ0n) is 12.0. The minimum atomic E-state index is 0.116. The first-order chi connectivity index (χ1) is 9.76. The zero-order valence-corrected chi connectivity index (χ0v) is 12.0. The van der Waals surface area contributed by atoms with Crippen molar-refractivity contribution in [2.75, 3.05) is 50.7 Å². The summed E-state index contributed by atoms with van der Waals surface area (Å²) >= 11 is 0. The van der Waals surface area contributed by atoms with Crippen molar-refractivity contribution in [3.8, 4) is 0 Å². The summed E-state index contributed by atoms with van der Waals surface area (Å²) in [5.41, 5.74) is 1.07. The smallest absolute Gasteiger partial charge is 0.136 e. The Balaban J connectivity index is 2.25. The van der Waals surface area contributed by atoms with Gasteiger partial charge < -0.3 is 20.1 Å². The molecule has 0 unspecified atom stereocenters. The molecule has 0 bridgehead atoms. The number of hydrogen-bond acceptors (Lipinski definition) is 5. The summed E-state index contributed by atoms with van der Waals surface area (Å²) in [5, 5.41) is 14.6. The van der Waals surface area contributed by atoms with E-state index < -0.39 is 0 Å². The fourth-order valence-electron chi connectivity index (χ4n) is 2.13. The van der Waals surface area contributed by atoms with Gasteiger partial charge in [-0.3, -0.25) is 0 Å². The van der Waals surface area contributed by atoms with E-state index in [1.54, 1.807) is 13.3 Å². The lowest BCUT2D eigenvalue weighted by Crippen LogP contribution is -2.22. The first-order valence-corrected chi connectivity index (χ1v) is 6.70. The predicted molar refractivity (Wildman–Crippen MR) is 82.5 cm³/mol. The Labute approximate surface area is 119 Å². The van der Waals surface area contributed by atoms with Crippen molar-refractivity contribution >= 4 is 22.3 Å². The number of aliphatic hydroxyl groups is 1. The molecule has 1 heterocycles. The molecule has 2 rings (SSSR count). The van der Waals surface area contributed by atoms with Gasteiger partial charge in [0.1, 0.15) is 5.82 Å². The fraction of sp³-hybridized carbons (Fsp3) is 0.400. The van der Waals surface area contributed by atoms with Gasteiger partial charge in [-0.15, -0.1) is 0 Å². The molecule has 1 aromatic carbocycles. The molecule has 0 spiro atoms. The summed E-state index contributed by atoms with van der Waals surface area (Å²) in [4.78, 5) is 6.36. The third-order valence-electron chi connectivity index (χ3n) is 3.18. The van der Waals surface area contributed by atoms with Crippen LogP contribution in [0.4, 0.5) is 11.5 Å². The van der Waals surface area contributed by atoms with Crippen LogP contribution in [0.25, 0.3) is 10.8 Å². The lowest BCUT2D eigenvalue weighted by Gasteiger charge is -2.19. The standard InChI is InChI=1S/C15H21N3O2/c1-18(8-9-19)15-14-4-3-13(16-7-10-20-2)11-12(14)5-6-17-15/h3-6,11,16,19H,7-10H2,1-2H3. The molecule has 2 N–H and O–H groups in total. The van der Waals surface area contributed by atoms with Crippen molar-refractivity contribution in [3.05, 3.63) is 30.5 Å². The van der Waals surface area contributed by atoms with Crippen LogP contribution in [0, 0.1) is 0 Å². The quantitative estimate of drug-likeness (QED) is 0.754. The van der Waals surface area contributed by atoms with Gasteiger partial charge in [0.15, 0.2) is 0 Å². The van der Waals surface area contributed by atoms with E-state index >= 15 is 0 Å². The zero-order chi connectivity index (χ0) is 14.4. The summed E-state index contributed by atoms with van der Waals surface area (Å²) in [6.07, 6.45) is 1.80. The van der Waals surface area contributed by atoms with Crippen LogP contribution >= 0.6 is 0 Å². The third-order valence-corrected chi connectivity index (χ3v) is 3.18. The second-order valence-electron chi connectivity index (χ2n) is 4.64. The average molecular weight is 275 g/mol. The van der Waals surface area contributed by atoms with Gasteiger partial charge >= 0.3 is 0 Å². The van der Waals surface area contributed by atoms with Crippen molar-refractivity contribution < 1.29 is 9.84 Å². The summed E-state index contributed by atoms with van der Waals surface area (Å²) in [5.74, 6) is 0.889. The van der Waals surface area contributed by atoms with Crippen LogP contribution in [0.15, 0.2) is 30.5 Å². The van der Waals surface area contributed by atoms with Crippen LogP contribution in [0.1, 0.15) is 0 Å². The Bertz CT molecular complexity index is 560. The number of likely N-dealkylation sites (N-methyl/N-ethyl adjacent to an activating group) is 1. The minimum Gasteiger partial charge on any atom is -0.395 e. The largest absolute Gasteiger partial charge is 0.395 e. The molecule has 0 saturated carbocycles. The van der Waals surface area contributed by atoms with Crippen LogP contribution in [0.2, 0.25) is 0 Å². The molecule has 0 atom stereocenters. The van der Waals surface area contributed by atoms with Gasteiger partial charge in [-0.05, 0) is 29.7 Å². The van der Waals surface area contributed by atoms with Crippen LogP contribution in [0.5, 0.6) is 0 Å². The highest BCUT2D eigenvalue weighted by atomic mass is 16.5. The summed E-state index contributed by atoms with van der Waals surface area (Å²) in [6.45, 7) is 2.15. The molecule has 5 nitrogen and oxygen atoms in total. The number of pyridine rings is 1. The van der Waals surface area contributed by atoms with E-state index in [1.807, 2.05) is 24.1 Å². The van der Waals surface area contributed by atoms with Gasteiger partial charge in [0.25, 0.3) is 0 Å². The van der Waals surface area contributed by atoms with Crippen molar-refractivity contribution in [2.45, 2.75) is 0 Å². The highest BCUT2D eigenvalue weighted by Crippen LogP contribution is 2.26. The van der Waals surface area contributed by atoms with E-state index in [9.17, 15) is 0 Å². The number of aromatic nitrogens is 1. The van der Waals surface area contributed by atoms with Crippen molar-refractivity contribution in [1.29, 1.82) is 0 Å². The number of anilines is 2. The maximum absolute atomic E-state index is 9.04. The molecule has 0 aliphatic rings. The highest BCUT2D eigenvalue weighted by molar-refractivity contribution is 5.94.